The van der Waals surface area contributed by atoms with Crippen molar-refractivity contribution in [1.82, 2.24) is 10.2 Å². The van der Waals surface area contributed by atoms with Crippen molar-refractivity contribution in [3.63, 3.8) is 0 Å². The van der Waals surface area contributed by atoms with Crippen LogP contribution in [-0.2, 0) is 31.5 Å². The zero-order valence-electron chi connectivity index (χ0n) is 22.7. The van der Waals surface area contributed by atoms with Gasteiger partial charge in [-0.3, -0.25) is 19.0 Å². The molecule has 4 atom stereocenters. The van der Waals surface area contributed by atoms with Crippen LogP contribution >= 0.6 is 11.6 Å². The van der Waals surface area contributed by atoms with E-state index < -0.39 is 27.2 Å². The summed E-state index contributed by atoms with van der Waals surface area (Å²) < 4.78 is 32.2. The number of ketones is 1. The molecular formula is C30H33ClN2O7S. The van der Waals surface area contributed by atoms with Gasteiger partial charge in [-0.2, -0.15) is 8.42 Å². The first-order valence-electron chi connectivity index (χ1n) is 13.9. The molecule has 1 spiro atoms. The third kappa shape index (κ3) is 4.94. The van der Waals surface area contributed by atoms with Gasteiger partial charge in [-0.15, -0.1) is 0 Å². The number of halogens is 1. The lowest BCUT2D eigenvalue weighted by molar-refractivity contribution is -0.148. The Bertz CT molecular complexity index is 1530. The Morgan fingerprint density at radius 2 is 1.90 bits per heavy atom. The number of amides is 1. The highest BCUT2D eigenvalue weighted by atomic mass is 35.5. The van der Waals surface area contributed by atoms with E-state index in [0.717, 1.165) is 42.6 Å². The van der Waals surface area contributed by atoms with Crippen molar-refractivity contribution in [1.29, 1.82) is 0 Å². The first-order chi connectivity index (χ1) is 19.4. The molecule has 2 aliphatic heterocycles. The van der Waals surface area contributed by atoms with Crippen molar-refractivity contribution < 1.29 is 32.4 Å². The number of Topliss-reactive ketones (excluding diaryl/α,β-unsaturated/α-hetero) is 1. The third-order valence-electron chi connectivity index (χ3n) is 9.26. The van der Waals surface area contributed by atoms with E-state index in [1.807, 2.05) is 18.2 Å². The van der Waals surface area contributed by atoms with E-state index in [1.165, 1.54) is 12.8 Å². The number of phenolic OH excluding ortho intramolecular Hbond substituents is 1. The van der Waals surface area contributed by atoms with Crippen molar-refractivity contribution in [2.24, 2.45) is 5.92 Å². The highest BCUT2D eigenvalue weighted by Crippen LogP contribution is 2.65. The van der Waals surface area contributed by atoms with Crippen LogP contribution in [0.3, 0.4) is 0 Å². The van der Waals surface area contributed by atoms with E-state index in [-0.39, 0.29) is 23.5 Å². The van der Waals surface area contributed by atoms with Crippen LogP contribution in [0.5, 0.6) is 11.5 Å². The van der Waals surface area contributed by atoms with Crippen LogP contribution in [0.2, 0.25) is 5.02 Å². The summed E-state index contributed by atoms with van der Waals surface area (Å²) >= 11 is 6.00. The van der Waals surface area contributed by atoms with Gasteiger partial charge < -0.3 is 15.2 Å². The maximum Gasteiger partial charge on any atom is 0.261 e. The van der Waals surface area contributed by atoms with Gasteiger partial charge in [0, 0.05) is 35.7 Å². The van der Waals surface area contributed by atoms with Gasteiger partial charge in [0.05, 0.1) is 17.2 Å². The fraction of sp³-hybridized carbons (Fsp3) is 0.467. The molecule has 2 bridgehead atoms. The highest BCUT2D eigenvalue weighted by molar-refractivity contribution is 7.85. The fourth-order valence-corrected chi connectivity index (χ4v) is 7.70. The van der Waals surface area contributed by atoms with Crippen molar-refractivity contribution in [2.45, 2.75) is 61.6 Å². The minimum Gasteiger partial charge on any atom is -0.504 e. The van der Waals surface area contributed by atoms with Gasteiger partial charge in [-0.05, 0) is 80.0 Å². The number of rotatable bonds is 5. The summed E-state index contributed by atoms with van der Waals surface area (Å²) in [4.78, 5) is 29.4. The maximum atomic E-state index is 13.5. The molecule has 11 heteroatoms. The molecule has 218 valence electrons. The molecule has 0 radical (unpaired) electrons. The monoisotopic (exact) mass is 600 g/mol. The molecule has 7 rings (SSSR count). The van der Waals surface area contributed by atoms with Gasteiger partial charge in [-0.25, -0.2) is 0 Å². The summed E-state index contributed by atoms with van der Waals surface area (Å²) in [6, 6.07) is 11.1. The van der Waals surface area contributed by atoms with Gasteiger partial charge in [0.15, 0.2) is 23.4 Å². The third-order valence-corrected chi connectivity index (χ3v) is 9.51. The number of nitrogens with zero attached hydrogens (tertiary/aromatic N) is 1. The first-order valence-corrected chi connectivity index (χ1v) is 16.1. The molecule has 3 N–H and O–H groups in total. The zero-order valence-corrected chi connectivity index (χ0v) is 24.2. The number of likely N-dealkylation sites (tertiary alicyclic amines) is 1. The molecule has 2 saturated carbocycles. The Morgan fingerprint density at radius 1 is 1.20 bits per heavy atom. The Balaban J connectivity index is 0.000000559. The van der Waals surface area contributed by atoms with Crippen LogP contribution in [-0.4, -0.2) is 71.7 Å². The molecule has 2 heterocycles. The zero-order chi connectivity index (χ0) is 29.2. The summed E-state index contributed by atoms with van der Waals surface area (Å²) in [5, 5.41) is 14.8. The van der Waals surface area contributed by atoms with Crippen LogP contribution in [0, 0.1) is 5.92 Å². The number of nitrogens with one attached hydrogen (secondary N) is 1. The summed E-state index contributed by atoms with van der Waals surface area (Å²) in [7, 11) is -3.67. The Morgan fingerprint density at radius 3 is 2.59 bits per heavy atom. The standard InChI is InChI=1S/C29H29ClN2O4.CH4O3S/c30-20-7-3-17(4-8-20)5-10-24(35)31-29-12-11-22(34)27-28(29)13-14-32(16-18-1-2-18)23(29)15-19-6-9-21(33)26(36-27)25(19)28;1-5(2,3)4/h3-10,18,23,27,33H,1-2,11-16H2,(H,31,35);1H3,(H,2,3,4)/b10-5-;/t23-,27+,28+,29-;/m1./s1. The van der Waals surface area contributed by atoms with Crippen LogP contribution in [0.4, 0.5) is 0 Å². The van der Waals surface area contributed by atoms with Gasteiger partial charge in [0.1, 0.15) is 0 Å². The molecular weight excluding hydrogens is 568 g/mol. The predicted molar refractivity (Wildman–Crippen MR) is 154 cm³/mol. The number of carbonyl (C=O) groups is 2. The topological polar surface area (TPSA) is 133 Å². The van der Waals surface area contributed by atoms with Crippen molar-refractivity contribution in [2.75, 3.05) is 19.3 Å². The minimum atomic E-state index is -3.67. The summed E-state index contributed by atoms with van der Waals surface area (Å²) in [5.41, 5.74) is 1.66. The van der Waals surface area contributed by atoms with E-state index in [4.69, 9.17) is 20.9 Å². The van der Waals surface area contributed by atoms with Crippen LogP contribution in [0.1, 0.15) is 48.8 Å². The molecule has 9 nitrogen and oxygen atoms in total. The SMILES string of the molecule is CS(=O)(=O)O.O=C(/C=C\c1ccc(Cl)cc1)N[C@@]12CCC(=O)[C@@H]3Oc4c(O)ccc5c4[C@@]31CCN(CC1CC1)[C@@H]2C5. The number of piperidine rings is 1. The van der Waals surface area contributed by atoms with E-state index in [1.54, 1.807) is 30.4 Å². The molecule has 0 unspecified atom stereocenters. The molecule has 3 aliphatic carbocycles. The molecule has 2 aromatic carbocycles. The summed E-state index contributed by atoms with van der Waals surface area (Å²) in [6.45, 7) is 1.89. The number of benzene rings is 2. The maximum absolute atomic E-state index is 13.5. The van der Waals surface area contributed by atoms with E-state index in [2.05, 4.69) is 10.2 Å². The van der Waals surface area contributed by atoms with Crippen LogP contribution in [0.25, 0.3) is 6.08 Å². The number of carbonyl (C=O) groups excluding carboxylic acids is 2. The predicted octanol–water partition coefficient (Wildman–Crippen LogP) is 3.52. The molecule has 5 aliphatic rings. The molecule has 41 heavy (non-hydrogen) atoms. The smallest absolute Gasteiger partial charge is 0.261 e. The van der Waals surface area contributed by atoms with Crippen molar-refractivity contribution >= 4 is 39.5 Å². The van der Waals surface area contributed by atoms with Gasteiger partial charge in [0.2, 0.25) is 5.91 Å². The average Bonchev–Trinajstić information content (AvgIpc) is 3.64. The second kappa shape index (κ2) is 10.1. The first kappa shape index (κ1) is 28.2. The minimum absolute atomic E-state index is 0.0643. The number of aromatic hydroxyl groups is 1. The van der Waals surface area contributed by atoms with Crippen LogP contribution < -0.4 is 10.1 Å². The largest absolute Gasteiger partial charge is 0.504 e. The second-order valence-electron chi connectivity index (χ2n) is 11.9. The van der Waals surface area contributed by atoms with Gasteiger partial charge >= 0.3 is 0 Å². The van der Waals surface area contributed by atoms with Crippen LogP contribution in [0.15, 0.2) is 42.5 Å². The van der Waals surface area contributed by atoms with E-state index in [0.29, 0.717) is 35.8 Å². The fourth-order valence-electron chi connectivity index (χ4n) is 7.57. The molecule has 2 aromatic rings. The number of ether oxygens (including phenoxy) is 1. The van der Waals surface area contributed by atoms with E-state index >= 15 is 0 Å². The summed E-state index contributed by atoms with van der Waals surface area (Å²) in [6.07, 6.45) is 8.34. The molecule has 1 amide bonds. The van der Waals surface area contributed by atoms with Crippen molar-refractivity contribution in [3.8, 4) is 11.5 Å². The Kier molecular flexibility index (Phi) is 6.96. The lowest BCUT2D eigenvalue weighted by Gasteiger charge is -2.65. The molecule has 3 fully saturated rings. The normalized spacial score (nSPS) is 29.8. The number of hydrogen-bond donors (Lipinski definition) is 3. The average molecular weight is 601 g/mol. The van der Waals surface area contributed by atoms with Gasteiger partial charge in [0.25, 0.3) is 10.1 Å². The number of hydrogen-bond acceptors (Lipinski definition) is 7. The molecule has 1 saturated heterocycles. The lowest BCUT2D eigenvalue weighted by atomic mass is 9.47. The van der Waals surface area contributed by atoms with Gasteiger partial charge in [-0.1, -0.05) is 29.8 Å². The summed E-state index contributed by atoms with van der Waals surface area (Å²) in [5.74, 6) is 1.13. The Hall–Kier alpha value is -2.92. The molecule has 0 aromatic heterocycles. The Labute approximate surface area is 244 Å². The quantitative estimate of drug-likeness (QED) is 0.351. The highest BCUT2D eigenvalue weighted by Gasteiger charge is 2.73. The van der Waals surface area contributed by atoms with E-state index in [9.17, 15) is 23.1 Å². The second-order valence-corrected chi connectivity index (χ2v) is 13.8. The lowest BCUT2D eigenvalue weighted by Crippen LogP contribution is -2.81. The van der Waals surface area contributed by atoms with Crippen molar-refractivity contribution in [3.05, 3.63) is 64.2 Å². The number of phenols is 1.